The Labute approximate surface area is 184 Å². The van der Waals surface area contributed by atoms with Gasteiger partial charge in [0.05, 0.1) is 23.0 Å². The summed E-state index contributed by atoms with van der Waals surface area (Å²) in [6, 6.07) is 11.5. The quantitative estimate of drug-likeness (QED) is 0.353. The third-order valence-electron chi connectivity index (χ3n) is 4.77. The van der Waals surface area contributed by atoms with E-state index in [0.29, 0.717) is 32.7 Å². The fraction of sp³-hybridized carbons (Fsp3) is 0.300. The summed E-state index contributed by atoms with van der Waals surface area (Å²) >= 11 is 0. The number of amides is 2. The zero-order valence-corrected chi connectivity index (χ0v) is 17.8. The van der Waals surface area contributed by atoms with Crippen LogP contribution in [0.1, 0.15) is 5.56 Å². The Morgan fingerprint density at radius 1 is 1.00 bits per heavy atom. The van der Waals surface area contributed by atoms with Crippen LogP contribution in [0.25, 0.3) is 0 Å². The van der Waals surface area contributed by atoms with Crippen molar-refractivity contribution in [1.82, 2.24) is 9.62 Å². The number of hydrogen-bond acceptors (Lipinski definition) is 7. The van der Waals surface area contributed by atoms with Crippen LogP contribution in [0.5, 0.6) is 0 Å². The predicted molar refractivity (Wildman–Crippen MR) is 114 cm³/mol. The molecule has 0 spiro atoms. The van der Waals surface area contributed by atoms with Crippen LogP contribution in [0.15, 0.2) is 53.4 Å². The van der Waals surface area contributed by atoms with Crippen LogP contribution in [0.4, 0.5) is 11.4 Å². The van der Waals surface area contributed by atoms with Gasteiger partial charge in [-0.15, -0.1) is 0 Å². The minimum absolute atomic E-state index is 0.129. The summed E-state index contributed by atoms with van der Waals surface area (Å²) in [7, 11) is -3.57. The molecule has 0 saturated carbocycles. The zero-order chi connectivity index (χ0) is 23.1. The molecule has 0 unspecified atom stereocenters. The molecule has 0 bridgehead atoms. The molecule has 170 valence electrons. The lowest BCUT2D eigenvalue weighted by atomic mass is 10.1. The summed E-state index contributed by atoms with van der Waals surface area (Å²) in [5.41, 5.74) is 0.922. The lowest BCUT2D eigenvalue weighted by Gasteiger charge is -2.26. The number of carbonyl (C=O) groups is 2. The van der Waals surface area contributed by atoms with Crippen molar-refractivity contribution < 1.29 is 27.7 Å². The number of nitro benzene ring substituents is 1. The van der Waals surface area contributed by atoms with Gasteiger partial charge in [-0.1, -0.05) is 12.1 Å². The van der Waals surface area contributed by atoms with Crippen LogP contribution in [0.3, 0.4) is 0 Å². The number of ether oxygens (including phenoxy) is 1. The van der Waals surface area contributed by atoms with Crippen molar-refractivity contribution in [3.8, 4) is 0 Å². The van der Waals surface area contributed by atoms with Gasteiger partial charge in [0.1, 0.15) is 0 Å². The van der Waals surface area contributed by atoms with Gasteiger partial charge in [0.15, 0.2) is 0 Å². The van der Waals surface area contributed by atoms with Crippen LogP contribution in [0.2, 0.25) is 0 Å². The second kappa shape index (κ2) is 10.3. The number of carbonyl (C=O) groups excluding carboxylic acids is 2. The molecule has 2 aromatic carbocycles. The average molecular weight is 462 g/mol. The van der Waals surface area contributed by atoms with Crippen LogP contribution in [0, 0.1) is 10.1 Å². The molecule has 2 aromatic rings. The van der Waals surface area contributed by atoms with Gasteiger partial charge in [0.2, 0.25) is 10.0 Å². The third-order valence-corrected chi connectivity index (χ3v) is 6.69. The van der Waals surface area contributed by atoms with E-state index in [-0.39, 0.29) is 22.8 Å². The molecule has 0 aliphatic carbocycles. The Morgan fingerprint density at radius 3 is 2.22 bits per heavy atom. The molecule has 11 nitrogen and oxygen atoms in total. The number of morpholine rings is 1. The zero-order valence-electron chi connectivity index (χ0n) is 17.0. The summed E-state index contributed by atoms with van der Waals surface area (Å²) in [6.45, 7) is 1.54. The Bertz CT molecular complexity index is 1080. The first-order valence-corrected chi connectivity index (χ1v) is 11.2. The average Bonchev–Trinajstić information content (AvgIpc) is 2.80. The first kappa shape index (κ1) is 23.3. The van der Waals surface area contributed by atoms with Crippen molar-refractivity contribution >= 4 is 33.2 Å². The van der Waals surface area contributed by atoms with Crippen molar-refractivity contribution in [2.45, 2.75) is 11.3 Å². The maximum atomic E-state index is 12.6. The highest BCUT2D eigenvalue weighted by Gasteiger charge is 2.26. The van der Waals surface area contributed by atoms with E-state index in [1.165, 1.54) is 40.7 Å². The Kier molecular flexibility index (Phi) is 7.51. The number of non-ortho nitro benzene ring substituents is 1. The van der Waals surface area contributed by atoms with Gasteiger partial charge in [-0.25, -0.2) is 8.42 Å². The molecule has 32 heavy (non-hydrogen) atoms. The van der Waals surface area contributed by atoms with E-state index in [9.17, 15) is 28.1 Å². The molecule has 1 heterocycles. The highest BCUT2D eigenvalue weighted by molar-refractivity contribution is 7.89. The normalized spacial score (nSPS) is 14.5. The summed E-state index contributed by atoms with van der Waals surface area (Å²) in [6.07, 6.45) is 0.397. The molecule has 12 heteroatoms. The highest BCUT2D eigenvalue weighted by atomic mass is 32.2. The SMILES string of the molecule is O=C(NCCc1ccc(S(=O)(=O)N2CCOCC2)cc1)C(=O)Nc1ccc([N+](=O)[O-])cc1. The molecule has 0 aromatic heterocycles. The standard InChI is InChI=1S/C20H22N4O7S/c25-19(20(26)22-16-3-5-17(6-4-16)24(27)28)21-10-9-15-1-7-18(8-2-15)32(29,30)23-11-13-31-14-12-23/h1-8H,9-14H2,(H,21,25)(H,22,26). The minimum atomic E-state index is -3.57. The van der Waals surface area contributed by atoms with Crippen molar-refractivity contribution in [2.75, 3.05) is 38.2 Å². The lowest BCUT2D eigenvalue weighted by Crippen LogP contribution is -2.40. The highest BCUT2D eigenvalue weighted by Crippen LogP contribution is 2.18. The van der Waals surface area contributed by atoms with Gasteiger partial charge in [0, 0.05) is 37.5 Å². The third kappa shape index (κ3) is 5.87. The molecule has 1 saturated heterocycles. The number of benzene rings is 2. The number of sulfonamides is 1. The van der Waals surface area contributed by atoms with Gasteiger partial charge in [-0.3, -0.25) is 19.7 Å². The van der Waals surface area contributed by atoms with Crippen LogP contribution in [-0.4, -0.2) is 62.3 Å². The summed E-state index contributed by atoms with van der Waals surface area (Å²) in [5, 5.41) is 15.5. The maximum Gasteiger partial charge on any atom is 0.313 e. The number of rotatable bonds is 7. The van der Waals surface area contributed by atoms with Gasteiger partial charge in [-0.2, -0.15) is 4.31 Å². The fourth-order valence-corrected chi connectivity index (χ4v) is 4.43. The second-order valence-corrected chi connectivity index (χ2v) is 8.86. The van der Waals surface area contributed by atoms with Crippen LogP contribution < -0.4 is 10.6 Å². The minimum Gasteiger partial charge on any atom is -0.379 e. The molecule has 1 aliphatic rings. The monoisotopic (exact) mass is 462 g/mol. The predicted octanol–water partition coefficient (Wildman–Crippen LogP) is 0.913. The molecular weight excluding hydrogens is 440 g/mol. The fourth-order valence-electron chi connectivity index (χ4n) is 3.02. The second-order valence-electron chi connectivity index (χ2n) is 6.92. The summed E-state index contributed by atoms with van der Waals surface area (Å²) in [5.74, 6) is -1.75. The summed E-state index contributed by atoms with van der Waals surface area (Å²) in [4.78, 5) is 34.1. The Hall–Kier alpha value is -3.35. The Balaban J connectivity index is 1.47. The van der Waals surface area contributed by atoms with Crippen molar-refractivity contribution in [3.05, 3.63) is 64.2 Å². The number of hydrogen-bond donors (Lipinski definition) is 2. The van der Waals surface area contributed by atoms with E-state index in [0.717, 1.165) is 5.56 Å². The van der Waals surface area contributed by atoms with Gasteiger partial charge >= 0.3 is 11.8 Å². The lowest BCUT2D eigenvalue weighted by molar-refractivity contribution is -0.384. The molecule has 1 aliphatic heterocycles. The van der Waals surface area contributed by atoms with E-state index in [4.69, 9.17) is 4.74 Å². The van der Waals surface area contributed by atoms with Crippen molar-refractivity contribution in [3.63, 3.8) is 0 Å². The van der Waals surface area contributed by atoms with Crippen LogP contribution >= 0.6 is 0 Å². The van der Waals surface area contributed by atoms with E-state index in [2.05, 4.69) is 10.6 Å². The molecular formula is C20H22N4O7S. The Morgan fingerprint density at radius 2 is 1.62 bits per heavy atom. The number of anilines is 1. The number of nitro groups is 1. The smallest absolute Gasteiger partial charge is 0.313 e. The molecule has 1 fully saturated rings. The maximum absolute atomic E-state index is 12.6. The van der Waals surface area contributed by atoms with Crippen LogP contribution in [-0.2, 0) is 30.8 Å². The largest absolute Gasteiger partial charge is 0.379 e. The first-order valence-electron chi connectivity index (χ1n) is 9.78. The molecule has 3 rings (SSSR count). The molecule has 2 amide bonds. The van der Waals surface area contributed by atoms with E-state index >= 15 is 0 Å². The van der Waals surface area contributed by atoms with Gasteiger partial charge in [0.25, 0.3) is 5.69 Å². The number of nitrogens with one attached hydrogen (secondary N) is 2. The molecule has 0 radical (unpaired) electrons. The topological polar surface area (TPSA) is 148 Å². The van der Waals surface area contributed by atoms with E-state index < -0.39 is 26.8 Å². The molecule has 2 N–H and O–H groups in total. The van der Waals surface area contributed by atoms with Crippen molar-refractivity contribution in [1.29, 1.82) is 0 Å². The van der Waals surface area contributed by atoms with E-state index in [1.807, 2.05) is 0 Å². The summed E-state index contributed by atoms with van der Waals surface area (Å²) < 4.78 is 31.8. The van der Waals surface area contributed by atoms with Crippen molar-refractivity contribution in [2.24, 2.45) is 0 Å². The van der Waals surface area contributed by atoms with Gasteiger partial charge < -0.3 is 15.4 Å². The van der Waals surface area contributed by atoms with E-state index in [1.54, 1.807) is 12.1 Å². The first-order chi connectivity index (χ1) is 15.3. The molecule has 0 atom stereocenters. The number of nitrogens with zero attached hydrogens (tertiary/aromatic N) is 2. The van der Waals surface area contributed by atoms with Gasteiger partial charge in [-0.05, 0) is 36.2 Å².